The molecule has 0 atom stereocenters. The van der Waals surface area contributed by atoms with Gasteiger partial charge in [-0.15, -0.1) is 0 Å². The molecule has 5 nitrogen and oxygen atoms in total. The second kappa shape index (κ2) is 4.52. The smallest absolute Gasteiger partial charge is 0.141 e. The number of aromatic nitrogens is 3. The van der Waals surface area contributed by atoms with Gasteiger partial charge in [-0.1, -0.05) is 6.42 Å². The van der Waals surface area contributed by atoms with Gasteiger partial charge in [0, 0.05) is 20.1 Å². The second-order valence-corrected chi connectivity index (χ2v) is 3.68. The molecule has 1 aromatic heterocycles. The molecule has 1 aromatic rings. The molecule has 78 valence electrons. The maximum absolute atomic E-state index is 4.16. The van der Waals surface area contributed by atoms with Crippen LogP contribution in [0.15, 0.2) is 6.33 Å². The van der Waals surface area contributed by atoms with Gasteiger partial charge >= 0.3 is 0 Å². The molecule has 14 heavy (non-hydrogen) atoms. The third kappa shape index (κ3) is 2.30. The van der Waals surface area contributed by atoms with Crippen molar-refractivity contribution in [2.45, 2.75) is 25.8 Å². The standard InChI is InChI=1S/C9H17N5/c1-13-9(10-8-12-13)7-11-14-5-3-2-4-6-14/h8,11H,2-7H2,1H3. The second-order valence-electron chi connectivity index (χ2n) is 3.68. The number of nitrogens with zero attached hydrogens (tertiary/aromatic N) is 4. The number of hydrazine groups is 1. The minimum Gasteiger partial charge on any atom is -0.252 e. The number of piperidine rings is 1. The summed E-state index contributed by atoms with van der Waals surface area (Å²) in [4.78, 5) is 4.16. The van der Waals surface area contributed by atoms with Gasteiger partial charge in [-0.2, -0.15) is 5.10 Å². The summed E-state index contributed by atoms with van der Waals surface area (Å²) in [7, 11) is 1.92. The molecule has 1 aliphatic heterocycles. The first-order valence-electron chi connectivity index (χ1n) is 5.17. The summed E-state index contributed by atoms with van der Waals surface area (Å²) in [6, 6.07) is 0. The van der Waals surface area contributed by atoms with Crippen molar-refractivity contribution in [1.82, 2.24) is 25.2 Å². The summed E-state index contributed by atoms with van der Waals surface area (Å²) in [6.45, 7) is 3.08. The Kier molecular flexibility index (Phi) is 3.10. The van der Waals surface area contributed by atoms with Gasteiger partial charge in [-0.25, -0.2) is 15.4 Å². The Bertz CT molecular complexity index is 276. The van der Waals surface area contributed by atoms with Crippen molar-refractivity contribution in [3.8, 4) is 0 Å². The van der Waals surface area contributed by atoms with Crippen molar-refractivity contribution >= 4 is 0 Å². The Hall–Kier alpha value is -0.940. The van der Waals surface area contributed by atoms with Crippen LogP contribution in [0.1, 0.15) is 25.1 Å². The molecule has 0 amide bonds. The molecule has 0 radical (unpaired) electrons. The number of nitrogens with one attached hydrogen (secondary N) is 1. The fraction of sp³-hybridized carbons (Fsp3) is 0.778. The van der Waals surface area contributed by atoms with Gasteiger partial charge < -0.3 is 0 Å². The summed E-state index contributed by atoms with van der Waals surface area (Å²) in [5.74, 6) is 0.982. The minimum absolute atomic E-state index is 0.774. The van der Waals surface area contributed by atoms with Crippen LogP contribution in [0.3, 0.4) is 0 Å². The van der Waals surface area contributed by atoms with Crippen molar-refractivity contribution in [2.75, 3.05) is 13.1 Å². The van der Waals surface area contributed by atoms with Crippen LogP contribution in [0.5, 0.6) is 0 Å². The van der Waals surface area contributed by atoms with Crippen molar-refractivity contribution in [3.63, 3.8) is 0 Å². The summed E-state index contributed by atoms with van der Waals surface area (Å²) < 4.78 is 1.80. The SMILES string of the molecule is Cn1ncnc1CNN1CCCCC1. The van der Waals surface area contributed by atoms with Crippen molar-refractivity contribution in [2.24, 2.45) is 7.05 Å². The van der Waals surface area contributed by atoms with Crippen LogP contribution < -0.4 is 5.43 Å². The molecule has 1 N–H and O–H groups in total. The van der Waals surface area contributed by atoms with Crippen LogP contribution in [-0.4, -0.2) is 32.9 Å². The fourth-order valence-corrected chi connectivity index (χ4v) is 1.71. The van der Waals surface area contributed by atoms with Crippen LogP contribution >= 0.6 is 0 Å². The van der Waals surface area contributed by atoms with Crippen LogP contribution in [-0.2, 0) is 13.6 Å². The quantitative estimate of drug-likeness (QED) is 0.754. The largest absolute Gasteiger partial charge is 0.252 e. The van der Waals surface area contributed by atoms with Gasteiger partial charge in [-0.05, 0) is 12.8 Å². The average molecular weight is 195 g/mol. The zero-order valence-corrected chi connectivity index (χ0v) is 8.61. The Balaban J connectivity index is 1.79. The van der Waals surface area contributed by atoms with Crippen LogP contribution in [0.25, 0.3) is 0 Å². The molecule has 0 aromatic carbocycles. The minimum atomic E-state index is 0.774. The van der Waals surface area contributed by atoms with E-state index in [0.717, 1.165) is 25.5 Å². The lowest BCUT2D eigenvalue weighted by Crippen LogP contribution is -2.41. The van der Waals surface area contributed by atoms with E-state index >= 15 is 0 Å². The third-order valence-electron chi connectivity index (χ3n) is 2.62. The Labute approximate surface area is 84.1 Å². The van der Waals surface area contributed by atoms with E-state index in [0.29, 0.717) is 0 Å². The van der Waals surface area contributed by atoms with E-state index in [1.165, 1.54) is 19.3 Å². The first-order chi connectivity index (χ1) is 6.86. The topological polar surface area (TPSA) is 46.0 Å². The van der Waals surface area contributed by atoms with E-state index in [4.69, 9.17) is 0 Å². The number of hydrogen-bond donors (Lipinski definition) is 1. The maximum atomic E-state index is 4.16. The summed E-state index contributed by atoms with van der Waals surface area (Å²) >= 11 is 0. The molecule has 0 aliphatic carbocycles. The fourth-order valence-electron chi connectivity index (χ4n) is 1.71. The Morgan fingerprint density at radius 3 is 2.79 bits per heavy atom. The number of rotatable bonds is 3. The third-order valence-corrected chi connectivity index (χ3v) is 2.62. The van der Waals surface area contributed by atoms with Gasteiger partial charge in [0.15, 0.2) is 0 Å². The molecule has 0 saturated carbocycles. The molecule has 1 saturated heterocycles. The molecule has 0 unspecified atom stereocenters. The van der Waals surface area contributed by atoms with Gasteiger partial charge in [0.05, 0.1) is 6.54 Å². The molecule has 0 spiro atoms. The molecule has 2 heterocycles. The monoisotopic (exact) mass is 195 g/mol. The summed E-state index contributed by atoms with van der Waals surface area (Å²) in [6.07, 6.45) is 5.55. The maximum Gasteiger partial charge on any atom is 0.141 e. The van der Waals surface area contributed by atoms with E-state index in [2.05, 4.69) is 20.5 Å². The summed E-state index contributed by atoms with van der Waals surface area (Å²) in [5.41, 5.74) is 3.37. The molecule has 2 rings (SSSR count). The Morgan fingerprint density at radius 2 is 2.14 bits per heavy atom. The van der Waals surface area contributed by atoms with Gasteiger partial charge in [0.1, 0.15) is 12.2 Å². The lowest BCUT2D eigenvalue weighted by molar-refractivity contribution is 0.148. The van der Waals surface area contributed by atoms with Crippen molar-refractivity contribution in [3.05, 3.63) is 12.2 Å². The van der Waals surface area contributed by atoms with Crippen molar-refractivity contribution < 1.29 is 0 Å². The number of aryl methyl sites for hydroxylation is 1. The van der Waals surface area contributed by atoms with E-state index in [1.807, 2.05) is 7.05 Å². The lowest BCUT2D eigenvalue weighted by Gasteiger charge is -2.26. The highest BCUT2D eigenvalue weighted by Gasteiger charge is 2.09. The van der Waals surface area contributed by atoms with E-state index < -0.39 is 0 Å². The van der Waals surface area contributed by atoms with Crippen LogP contribution in [0.2, 0.25) is 0 Å². The summed E-state index contributed by atoms with van der Waals surface area (Å²) in [5, 5.41) is 6.30. The highest BCUT2D eigenvalue weighted by molar-refractivity contribution is 4.81. The normalized spacial score (nSPS) is 18.6. The highest BCUT2D eigenvalue weighted by Crippen LogP contribution is 2.06. The van der Waals surface area contributed by atoms with Crippen LogP contribution in [0.4, 0.5) is 0 Å². The Morgan fingerprint density at radius 1 is 1.36 bits per heavy atom. The van der Waals surface area contributed by atoms with E-state index in [1.54, 1.807) is 11.0 Å². The zero-order chi connectivity index (χ0) is 9.80. The number of hydrogen-bond acceptors (Lipinski definition) is 4. The average Bonchev–Trinajstić information content (AvgIpc) is 2.63. The molecule has 5 heteroatoms. The van der Waals surface area contributed by atoms with Crippen LogP contribution in [0, 0.1) is 0 Å². The highest BCUT2D eigenvalue weighted by atomic mass is 15.5. The van der Waals surface area contributed by atoms with Gasteiger partial charge in [0.25, 0.3) is 0 Å². The van der Waals surface area contributed by atoms with Crippen molar-refractivity contribution in [1.29, 1.82) is 0 Å². The first-order valence-corrected chi connectivity index (χ1v) is 5.17. The lowest BCUT2D eigenvalue weighted by atomic mass is 10.2. The first kappa shape index (κ1) is 9.61. The molecule has 0 bridgehead atoms. The van der Waals surface area contributed by atoms with E-state index in [-0.39, 0.29) is 0 Å². The molecule has 1 fully saturated rings. The van der Waals surface area contributed by atoms with E-state index in [9.17, 15) is 0 Å². The molecule has 1 aliphatic rings. The molecular formula is C9H17N5. The molecular weight excluding hydrogens is 178 g/mol. The zero-order valence-electron chi connectivity index (χ0n) is 8.61. The van der Waals surface area contributed by atoms with Gasteiger partial charge in [-0.3, -0.25) is 4.68 Å². The van der Waals surface area contributed by atoms with Gasteiger partial charge in [0.2, 0.25) is 0 Å². The predicted molar refractivity (Wildman–Crippen MR) is 53.3 cm³/mol. The predicted octanol–water partition coefficient (Wildman–Crippen LogP) is 0.306.